The zero-order chi connectivity index (χ0) is 13.9. The Kier molecular flexibility index (Phi) is 3.66. The van der Waals surface area contributed by atoms with Crippen molar-refractivity contribution in [2.24, 2.45) is 0 Å². The molecule has 0 saturated carbocycles. The first-order valence-electron chi connectivity index (χ1n) is 5.38. The van der Waals surface area contributed by atoms with E-state index >= 15 is 0 Å². The number of anilines is 1. The van der Waals surface area contributed by atoms with Gasteiger partial charge in [-0.25, -0.2) is 12.8 Å². The standard InChI is InChI=1S/C12H11FN2O3S/c13-10-3-1-9(2-4-10)8-19(17,18)15-11-5-6-12(16)14-7-11/h1-7,15H,8H2,(H,14,16). The average molecular weight is 282 g/mol. The number of aromatic amines is 1. The summed E-state index contributed by atoms with van der Waals surface area (Å²) >= 11 is 0. The summed E-state index contributed by atoms with van der Waals surface area (Å²) in [5.74, 6) is -0.693. The fraction of sp³-hybridized carbons (Fsp3) is 0.0833. The monoisotopic (exact) mass is 282 g/mol. The number of pyridine rings is 1. The van der Waals surface area contributed by atoms with E-state index < -0.39 is 15.8 Å². The van der Waals surface area contributed by atoms with E-state index in [1.165, 1.54) is 42.6 Å². The number of halogens is 1. The van der Waals surface area contributed by atoms with Gasteiger partial charge in [-0.3, -0.25) is 9.52 Å². The van der Waals surface area contributed by atoms with Crippen molar-refractivity contribution in [1.29, 1.82) is 0 Å². The van der Waals surface area contributed by atoms with Gasteiger partial charge in [-0.2, -0.15) is 0 Å². The highest BCUT2D eigenvalue weighted by Crippen LogP contribution is 2.11. The molecule has 0 aliphatic rings. The van der Waals surface area contributed by atoms with Crippen molar-refractivity contribution >= 4 is 15.7 Å². The summed E-state index contributed by atoms with van der Waals surface area (Å²) in [6, 6.07) is 7.79. The van der Waals surface area contributed by atoms with Gasteiger partial charge < -0.3 is 4.98 Å². The molecule has 0 atom stereocenters. The lowest BCUT2D eigenvalue weighted by Crippen LogP contribution is -2.16. The first-order valence-corrected chi connectivity index (χ1v) is 7.03. The smallest absolute Gasteiger partial charge is 0.248 e. The number of rotatable bonds is 4. The van der Waals surface area contributed by atoms with Gasteiger partial charge in [0.1, 0.15) is 5.82 Å². The third-order valence-corrected chi connectivity index (χ3v) is 3.59. The van der Waals surface area contributed by atoms with Crippen LogP contribution in [0.5, 0.6) is 0 Å². The van der Waals surface area contributed by atoms with Crippen LogP contribution < -0.4 is 10.3 Å². The Bertz CT molecular complexity index is 703. The van der Waals surface area contributed by atoms with Crippen LogP contribution in [0.3, 0.4) is 0 Å². The van der Waals surface area contributed by atoms with Crippen LogP contribution in [0, 0.1) is 5.82 Å². The zero-order valence-electron chi connectivity index (χ0n) is 9.76. The summed E-state index contributed by atoms with van der Waals surface area (Å²) in [5, 5.41) is 0. The van der Waals surface area contributed by atoms with Crippen molar-refractivity contribution < 1.29 is 12.8 Å². The van der Waals surface area contributed by atoms with Crippen molar-refractivity contribution in [3.8, 4) is 0 Å². The van der Waals surface area contributed by atoms with Gasteiger partial charge in [0.05, 0.1) is 11.4 Å². The maximum absolute atomic E-state index is 12.7. The molecule has 2 aromatic rings. The van der Waals surface area contributed by atoms with E-state index in [2.05, 4.69) is 9.71 Å². The maximum atomic E-state index is 12.7. The van der Waals surface area contributed by atoms with E-state index in [1.54, 1.807) is 0 Å². The van der Waals surface area contributed by atoms with Crippen LogP contribution >= 0.6 is 0 Å². The molecular formula is C12H11FN2O3S. The Morgan fingerprint density at radius 2 is 1.79 bits per heavy atom. The molecule has 1 aromatic heterocycles. The summed E-state index contributed by atoms with van der Waals surface area (Å²) in [5.41, 5.74) is 0.418. The first-order chi connectivity index (χ1) is 8.94. The molecule has 0 fully saturated rings. The number of sulfonamides is 1. The number of hydrogen-bond donors (Lipinski definition) is 2. The van der Waals surface area contributed by atoms with E-state index in [0.717, 1.165) is 0 Å². The molecule has 1 aromatic carbocycles. The summed E-state index contributed by atoms with van der Waals surface area (Å²) in [4.78, 5) is 13.2. The number of benzene rings is 1. The summed E-state index contributed by atoms with van der Waals surface area (Å²) < 4.78 is 38.7. The van der Waals surface area contributed by atoms with Gasteiger partial charge in [-0.15, -0.1) is 0 Å². The van der Waals surface area contributed by atoms with Gasteiger partial charge in [0.2, 0.25) is 15.6 Å². The Labute approximate surface area is 109 Å². The maximum Gasteiger partial charge on any atom is 0.248 e. The number of aromatic nitrogens is 1. The quantitative estimate of drug-likeness (QED) is 0.891. The second-order valence-electron chi connectivity index (χ2n) is 3.93. The fourth-order valence-electron chi connectivity index (χ4n) is 1.49. The van der Waals surface area contributed by atoms with Gasteiger partial charge in [0.25, 0.3) is 0 Å². The third kappa shape index (κ3) is 3.92. The molecule has 19 heavy (non-hydrogen) atoms. The summed E-state index contributed by atoms with van der Waals surface area (Å²) in [7, 11) is -3.61. The van der Waals surface area contributed by atoms with E-state index in [9.17, 15) is 17.6 Å². The second-order valence-corrected chi connectivity index (χ2v) is 5.65. The normalized spacial score (nSPS) is 11.2. The fourth-order valence-corrected chi connectivity index (χ4v) is 2.68. The van der Waals surface area contributed by atoms with E-state index in [1.807, 2.05) is 0 Å². The van der Waals surface area contributed by atoms with Gasteiger partial charge in [0, 0.05) is 12.3 Å². The largest absolute Gasteiger partial charge is 0.327 e. The highest BCUT2D eigenvalue weighted by molar-refractivity contribution is 7.91. The lowest BCUT2D eigenvalue weighted by atomic mass is 10.2. The van der Waals surface area contributed by atoms with Crippen molar-refractivity contribution in [1.82, 2.24) is 4.98 Å². The van der Waals surface area contributed by atoms with E-state index in [0.29, 0.717) is 5.56 Å². The molecule has 5 nitrogen and oxygen atoms in total. The molecule has 2 rings (SSSR count). The Balaban J connectivity index is 2.12. The van der Waals surface area contributed by atoms with E-state index in [4.69, 9.17) is 0 Å². The number of H-pyrrole nitrogens is 1. The number of hydrogen-bond acceptors (Lipinski definition) is 3. The molecule has 0 unspecified atom stereocenters. The summed E-state index contributed by atoms with van der Waals surface area (Å²) in [6.07, 6.45) is 1.27. The molecular weight excluding hydrogens is 271 g/mol. The molecule has 1 heterocycles. The van der Waals surface area contributed by atoms with Crippen molar-refractivity contribution in [2.45, 2.75) is 5.75 Å². The Morgan fingerprint density at radius 1 is 1.11 bits per heavy atom. The SMILES string of the molecule is O=c1ccc(NS(=O)(=O)Cc2ccc(F)cc2)c[nH]1. The molecule has 100 valence electrons. The Hall–Kier alpha value is -2.15. The van der Waals surface area contributed by atoms with E-state index in [-0.39, 0.29) is 17.0 Å². The molecule has 0 aliphatic heterocycles. The van der Waals surface area contributed by atoms with Crippen molar-refractivity contribution in [2.75, 3.05) is 4.72 Å². The van der Waals surface area contributed by atoms with Crippen LogP contribution in [-0.4, -0.2) is 13.4 Å². The van der Waals surface area contributed by atoms with Crippen LogP contribution in [0.15, 0.2) is 47.4 Å². The molecule has 0 spiro atoms. The minimum absolute atomic E-state index is 0.265. The molecule has 7 heteroatoms. The zero-order valence-corrected chi connectivity index (χ0v) is 10.6. The minimum atomic E-state index is -3.61. The van der Waals surface area contributed by atoms with Crippen LogP contribution in [0.25, 0.3) is 0 Å². The molecule has 0 radical (unpaired) electrons. The second kappa shape index (κ2) is 5.23. The van der Waals surface area contributed by atoms with Gasteiger partial charge >= 0.3 is 0 Å². The van der Waals surface area contributed by atoms with Crippen molar-refractivity contribution in [3.05, 3.63) is 64.3 Å². The molecule has 0 aliphatic carbocycles. The van der Waals surface area contributed by atoms with Crippen LogP contribution in [-0.2, 0) is 15.8 Å². The predicted molar refractivity (Wildman–Crippen MR) is 69.7 cm³/mol. The van der Waals surface area contributed by atoms with Gasteiger partial charge in [-0.1, -0.05) is 12.1 Å². The lowest BCUT2D eigenvalue weighted by molar-refractivity contribution is 0.600. The third-order valence-electron chi connectivity index (χ3n) is 2.33. The Morgan fingerprint density at radius 3 is 2.37 bits per heavy atom. The molecule has 0 bridgehead atoms. The van der Waals surface area contributed by atoms with Gasteiger partial charge in [-0.05, 0) is 23.8 Å². The summed E-state index contributed by atoms with van der Waals surface area (Å²) in [6.45, 7) is 0. The highest BCUT2D eigenvalue weighted by atomic mass is 32.2. The molecule has 2 N–H and O–H groups in total. The van der Waals surface area contributed by atoms with Crippen LogP contribution in [0.1, 0.15) is 5.56 Å². The minimum Gasteiger partial charge on any atom is -0.327 e. The van der Waals surface area contributed by atoms with Gasteiger partial charge in [0.15, 0.2) is 0 Å². The highest BCUT2D eigenvalue weighted by Gasteiger charge is 2.11. The molecule has 0 saturated heterocycles. The average Bonchev–Trinajstić information content (AvgIpc) is 2.34. The predicted octanol–water partition coefficient (Wildman–Crippen LogP) is 1.46. The van der Waals surface area contributed by atoms with Crippen LogP contribution in [0.2, 0.25) is 0 Å². The topological polar surface area (TPSA) is 79.0 Å². The number of nitrogens with one attached hydrogen (secondary N) is 2. The van der Waals surface area contributed by atoms with Crippen molar-refractivity contribution in [3.63, 3.8) is 0 Å². The lowest BCUT2D eigenvalue weighted by Gasteiger charge is -2.07. The molecule has 0 amide bonds. The van der Waals surface area contributed by atoms with Crippen LogP contribution in [0.4, 0.5) is 10.1 Å². The first kappa shape index (κ1) is 13.3.